The summed E-state index contributed by atoms with van der Waals surface area (Å²) in [5.74, 6) is 0.834. The summed E-state index contributed by atoms with van der Waals surface area (Å²) in [6, 6.07) is 11.9. The van der Waals surface area contributed by atoms with Gasteiger partial charge in [0.15, 0.2) is 0 Å². The van der Waals surface area contributed by atoms with Crippen molar-refractivity contribution in [2.24, 2.45) is 0 Å². The molecule has 0 fully saturated rings. The molecule has 3 rings (SSSR count). The third kappa shape index (κ3) is 4.43. The van der Waals surface area contributed by atoms with Crippen LogP contribution in [0.25, 0.3) is 0 Å². The molecule has 2 aromatic heterocycles. The fourth-order valence-corrected chi connectivity index (χ4v) is 4.59. The highest BCUT2D eigenvalue weighted by Crippen LogP contribution is 2.28. The van der Waals surface area contributed by atoms with Crippen molar-refractivity contribution >= 4 is 40.3 Å². The predicted molar refractivity (Wildman–Crippen MR) is 98.3 cm³/mol. The molecule has 3 nitrogen and oxygen atoms in total. The molecule has 1 amide bonds. The highest BCUT2D eigenvalue weighted by atomic mass is 32.2. The molecule has 1 N–H and O–H groups in total. The van der Waals surface area contributed by atoms with Crippen LogP contribution in [-0.4, -0.2) is 10.9 Å². The number of benzene rings is 1. The van der Waals surface area contributed by atoms with Crippen molar-refractivity contribution in [1.29, 1.82) is 0 Å². The van der Waals surface area contributed by atoms with E-state index in [0.717, 1.165) is 26.9 Å². The fourth-order valence-electron chi connectivity index (χ4n) is 2.06. The van der Waals surface area contributed by atoms with Crippen LogP contribution >= 0.6 is 34.4 Å². The number of carbonyl (C=O) groups excluding carboxylic acids is 1. The molecule has 0 atom stereocenters. The summed E-state index contributed by atoms with van der Waals surface area (Å²) in [5.41, 5.74) is 1.72. The average Bonchev–Trinajstić information content (AvgIpc) is 3.22. The van der Waals surface area contributed by atoms with Crippen molar-refractivity contribution in [1.82, 2.24) is 10.3 Å². The second kappa shape index (κ2) is 7.77. The molecule has 0 saturated carbocycles. The highest BCUT2D eigenvalue weighted by molar-refractivity contribution is 7.98. The van der Waals surface area contributed by atoms with E-state index in [9.17, 15) is 4.79 Å². The van der Waals surface area contributed by atoms with Gasteiger partial charge in [0.05, 0.1) is 12.1 Å². The SMILES string of the molecule is Cc1csc(CNC(=O)c2ccccc2SCc2cccs2)n1. The quantitative estimate of drug-likeness (QED) is 0.646. The lowest BCUT2D eigenvalue weighted by molar-refractivity contribution is 0.0948. The van der Waals surface area contributed by atoms with Gasteiger partial charge in [-0.15, -0.1) is 34.4 Å². The number of hydrogen-bond donors (Lipinski definition) is 1. The summed E-state index contributed by atoms with van der Waals surface area (Å²) < 4.78 is 0. The number of nitrogens with zero attached hydrogens (tertiary/aromatic N) is 1. The molecule has 0 unspecified atom stereocenters. The smallest absolute Gasteiger partial charge is 0.252 e. The van der Waals surface area contributed by atoms with Gasteiger partial charge in [0, 0.05) is 26.6 Å². The Balaban J connectivity index is 1.65. The third-order valence-electron chi connectivity index (χ3n) is 3.15. The number of aryl methyl sites for hydroxylation is 1. The fraction of sp³-hybridized carbons (Fsp3) is 0.176. The van der Waals surface area contributed by atoms with Crippen molar-refractivity contribution in [2.45, 2.75) is 24.1 Å². The zero-order valence-electron chi connectivity index (χ0n) is 12.6. The number of rotatable bonds is 6. The number of amides is 1. The van der Waals surface area contributed by atoms with Crippen molar-refractivity contribution in [3.05, 3.63) is 68.3 Å². The first-order chi connectivity index (χ1) is 11.2. The van der Waals surface area contributed by atoms with Gasteiger partial charge in [-0.05, 0) is 30.5 Å². The number of aromatic nitrogens is 1. The summed E-state index contributed by atoms with van der Waals surface area (Å²) in [6.07, 6.45) is 0. The van der Waals surface area contributed by atoms with Crippen LogP contribution in [0, 0.1) is 6.92 Å². The molecule has 0 bridgehead atoms. The van der Waals surface area contributed by atoms with E-state index in [1.165, 1.54) is 4.88 Å². The van der Waals surface area contributed by atoms with Gasteiger partial charge in [-0.2, -0.15) is 0 Å². The minimum Gasteiger partial charge on any atom is -0.345 e. The summed E-state index contributed by atoms with van der Waals surface area (Å²) in [6.45, 7) is 2.43. The molecule has 3 aromatic rings. The van der Waals surface area contributed by atoms with Gasteiger partial charge in [-0.3, -0.25) is 4.79 Å². The summed E-state index contributed by atoms with van der Waals surface area (Å²) in [5, 5.41) is 7.96. The standard InChI is InChI=1S/C17H16N2OS3/c1-12-10-23-16(19-12)9-18-17(20)14-6-2-3-7-15(14)22-11-13-5-4-8-21-13/h2-8,10H,9,11H2,1H3,(H,18,20). The van der Waals surface area contributed by atoms with E-state index in [1.807, 2.05) is 36.6 Å². The zero-order valence-corrected chi connectivity index (χ0v) is 15.1. The number of carbonyl (C=O) groups is 1. The highest BCUT2D eigenvalue weighted by Gasteiger charge is 2.12. The van der Waals surface area contributed by atoms with E-state index >= 15 is 0 Å². The Bertz CT molecular complexity index is 781. The molecular formula is C17H16N2OS3. The Labute approximate surface area is 147 Å². The van der Waals surface area contributed by atoms with E-state index in [0.29, 0.717) is 6.54 Å². The Kier molecular flexibility index (Phi) is 5.48. The number of hydrogen-bond acceptors (Lipinski definition) is 5. The van der Waals surface area contributed by atoms with Gasteiger partial charge < -0.3 is 5.32 Å². The van der Waals surface area contributed by atoms with Gasteiger partial charge in [0.1, 0.15) is 5.01 Å². The van der Waals surface area contributed by atoms with Gasteiger partial charge in [-0.1, -0.05) is 18.2 Å². The minimum atomic E-state index is -0.0490. The molecule has 23 heavy (non-hydrogen) atoms. The van der Waals surface area contributed by atoms with Crippen LogP contribution in [0.1, 0.15) is 25.9 Å². The first-order valence-electron chi connectivity index (χ1n) is 7.16. The molecule has 6 heteroatoms. The van der Waals surface area contributed by atoms with Crippen LogP contribution in [0.2, 0.25) is 0 Å². The molecule has 0 radical (unpaired) electrons. The summed E-state index contributed by atoms with van der Waals surface area (Å²) in [4.78, 5) is 19.1. The lowest BCUT2D eigenvalue weighted by Gasteiger charge is -2.08. The van der Waals surface area contributed by atoms with Crippen LogP contribution in [0.15, 0.2) is 52.1 Å². The molecule has 0 aliphatic heterocycles. The maximum absolute atomic E-state index is 12.5. The van der Waals surface area contributed by atoms with Crippen molar-refractivity contribution in [3.63, 3.8) is 0 Å². The summed E-state index contributed by atoms with van der Waals surface area (Å²) >= 11 is 5.00. The third-order valence-corrected chi connectivity index (χ3v) is 6.30. The van der Waals surface area contributed by atoms with E-state index in [2.05, 4.69) is 27.8 Å². The molecule has 0 aliphatic rings. The number of thioether (sulfide) groups is 1. The first-order valence-corrected chi connectivity index (χ1v) is 9.90. The van der Waals surface area contributed by atoms with Crippen LogP contribution < -0.4 is 5.32 Å². The maximum Gasteiger partial charge on any atom is 0.252 e. The van der Waals surface area contributed by atoms with E-state index in [4.69, 9.17) is 0 Å². The Morgan fingerprint density at radius 2 is 2.09 bits per heavy atom. The molecule has 2 heterocycles. The zero-order chi connectivity index (χ0) is 16.1. The predicted octanol–water partition coefficient (Wildman–Crippen LogP) is 4.74. The van der Waals surface area contributed by atoms with Crippen LogP contribution in [-0.2, 0) is 12.3 Å². The van der Waals surface area contributed by atoms with Crippen LogP contribution in [0.4, 0.5) is 0 Å². The van der Waals surface area contributed by atoms with Crippen LogP contribution in [0.5, 0.6) is 0 Å². The largest absolute Gasteiger partial charge is 0.345 e. The van der Waals surface area contributed by atoms with E-state index < -0.39 is 0 Å². The first kappa shape index (κ1) is 16.2. The minimum absolute atomic E-state index is 0.0490. The van der Waals surface area contributed by atoms with Crippen molar-refractivity contribution in [3.8, 4) is 0 Å². The second-order valence-corrected chi connectivity index (χ2v) is 7.92. The number of thiophene rings is 1. The Hall–Kier alpha value is -1.63. The molecule has 0 saturated heterocycles. The number of nitrogens with one attached hydrogen (secondary N) is 1. The monoisotopic (exact) mass is 360 g/mol. The van der Waals surface area contributed by atoms with Gasteiger partial charge >= 0.3 is 0 Å². The average molecular weight is 361 g/mol. The van der Waals surface area contributed by atoms with E-state index in [-0.39, 0.29) is 5.91 Å². The molecule has 1 aromatic carbocycles. The number of thiazole rings is 1. The Morgan fingerprint density at radius 1 is 1.22 bits per heavy atom. The molecular weight excluding hydrogens is 344 g/mol. The van der Waals surface area contributed by atoms with Crippen molar-refractivity contribution < 1.29 is 4.79 Å². The lowest BCUT2D eigenvalue weighted by Crippen LogP contribution is -2.23. The Morgan fingerprint density at radius 3 is 2.83 bits per heavy atom. The van der Waals surface area contributed by atoms with Gasteiger partial charge in [-0.25, -0.2) is 4.98 Å². The topological polar surface area (TPSA) is 42.0 Å². The van der Waals surface area contributed by atoms with Gasteiger partial charge in [0.25, 0.3) is 5.91 Å². The molecule has 118 valence electrons. The van der Waals surface area contributed by atoms with Crippen molar-refractivity contribution in [2.75, 3.05) is 0 Å². The second-order valence-electron chi connectivity index (χ2n) is 4.93. The van der Waals surface area contributed by atoms with E-state index in [1.54, 1.807) is 34.4 Å². The normalized spacial score (nSPS) is 10.7. The van der Waals surface area contributed by atoms with Crippen LogP contribution in [0.3, 0.4) is 0 Å². The summed E-state index contributed by atoms with van der Waals surface area (Å²) in [7, 11) is 0. The molecule has 0 aliphatic carbocycles. The lowest BCUT2D eigenvalue weighted by atomic mass is 10.2. The molecule has 0 spiro atoms. The van der Waals surface area contributed by atoms with Gasteiger partial charge in [0.2, 0.25) is 0 Å². The maximum atomic E-state index is 12.5.